The monoisotopic (exact) mass is 647 g/mol. The first-order valence-corrected chi connectivity index (χ1v) is 18.1. The highest BCUT2D eigenvalue weighted by Crippen LogP contribution is 2.35. The molecule has 1 fully saturated rings. The summed E-state index contributed by atoms with van der Waals surface area (Å²) in [6, 6.07) is 31.6. The van der Waals surface area contributed by atoms with Crippen LogP contribution in [0.3, 0.4) is 0 Å². The van der Waals surface area contributed by atoms with E-state index in [1.54, 1.807) is 6.07 Å². The first-order valence-electron chi connectivity index (χ1n) is 15.2. The molecule has 0 unspecified atom stereocenters. The second kappa shape index (κ2) is 15.0. The number of likely N-dealkylation sites (N-methyl/N-ethyl adjacent to an activating group) is 1. The average Bonchev–Trinajstić information content (AvgIpc) is 3.06. The lowest BCUT2D eigenvalue weighted by Crippen LogP contribution is -2.45. The van der Waals surface area contributed by atoms with Crippen LogP contribution in [0.15, 0.2) is 113 Å². The van der Waals surface area contributed by atoms with Crippen LogP contribution in [0.5, 0.6) is 0 Å². The fourth-order valence-electron chi connectivity index (χ4n) is 5.28. The van der Waals surface area contributed by atoms with Crippen LogP contribution in [0.1, 0.15) is 23.1 Å². The first-order chi connectivity index (χ1) is 21.7. The average molecular weight is 648 g/mol. The largest absolute Gasteiger partial charge is 0.384 e. The van der Waals surface area contributed by atoms with Gasteiger partial charge in [-0.1, -0.05) is 91.0 Å². The molecule has 1 aliphatic heterocycles. The van der Waals surface area contributed by atoms with Crippen molar-refractivity contribution in [2.45, 2.75) is 35.7 Å². The number of benzene rings is 4. The fraction of sp³-hybridized carbons (Fsp3) is 0.294. The highest BCUT2D eigenvalue weighted by molar-refractivity contribution is 7.90. The number of anilines is 2. The molecule has 0 aliphatic carbocycles. The normalized spacial score (nSPS) is 14.4. The Labute approximate surface area is 267 Å². The third kappa shape index (κ3) is 8.93. The van der Waals surface area contributed by atoms with Gasteiger partial charge in [-0.05, 0) is 48.7 Å². The molecule has 5 rings (SSSR count). The standard InChI is InChI=1S/C34H41N5O4S2/c1-38-20-22-39(23-21-38)32-24-31(35-19-11-18-28-12-5-2-6-13-28)33(44(40,41)36-26-29-14-7-3-8-15-29)25-34(32)45(42,43)37-27-30-16-9-4-10-17-30/h2-10,12-17,24-25,35-37H,11,18-23,26-27H2,1H3. The van der Waals surface area contributed by atoms with Crippen molar-refractivity contribution in [2.24, 2.45) is 0 Å². The van der Waals surface area contributed by atoms with Gasteiger partial charge >= 0.3 is 0 Å². The number of nitrogens with zero attached hydrogens (tertiary/aromatic N) is 2. The van der Waals surface area contributed by atoms with Crippen LogP contribution in [0.4, 0.5) is 11.4 Å². The molecule has 4 aromatic rings. The van der Waals surface area contributed by atoms with E-state index in [4.69, 9.17) is 0 Å². The van der Waals surface area contributed by atoms with Crippen LogP contribution in [-0.2, 0) is 39.6 Å². The topological polar surface area (TPSA) is 111 Å². The molecule has 0 amide bonds. The third-order valence-electron chi connectivity index (χ3n) is 7.90. The minimum Gasteiger partial charge on any atom is -0.384 e. The maximum absolute atomic E-state index is 13.9. The van der Waals surface area contributed by atoms with E-state index in [1.807, 2.05) is 90.8 Å². The molecule has 238 valence electrons. The summed E-state index contributed by atoms with van der Waals surface area (Å²) in [7, 11) is -6.19. The number of hydrogen-bond donors (Lipinski definition) is 3. The van der Waals surface area contributed by atoms with Gasteiger partial charge in [-0.15, -0.1) is 0 Å². The lowest BCUT2D eigenvalue weighted by molar-refractivity contribution is 0.312. The molecule has 1 heterocycles. The van der Waals surface area contributed by atoms with Gasteiger partial charge < -0.3 is 15.1 Å². The lowest BCUT2D eigenvalue weighted by atomic mass is 10.1. The summed E-state index contributed by atoms with van der Waals surface area (Å²) in [5, 5.41) is 3.34. The predicted octanol–water partition coefficient (Wildman–Crippen LogP) is 4.44. The Bertz CT molecular complexity index is 1750. The number of hydrogen-bond acceptors (Lipinski definition) is 7. The molecule has 45 heavy (non-hydrogen) atoms. The number of sulfonamides is 2. The minimum atomic E-state index is -4.12. The Kier molecular flexibility index (Phi) is 10.9. The van der Waals surface area contributed by atoms with E-state index in [9.17, 15) is 16.8 Å². The quantitative estimate of drug-likeness (QED) is 0.174. The van der Waals surface area contributed by atoms with E-state index in [0.29, 0.717) is 31.0 Å². The predicted molar refractivity (Wildman–Crippen MR) is 180 cm³/mol. The molecule has 0 atom stereocenters. The second-order valence-corrected chi connectivity index (χ2v) is 14.7. The Balaban J connectivity index is 1.51. The van der Waals surface area contributed by atoms with Crippen molar-refractivity contribution < 1.29 is 16.8 Å². The Hall–Kier alpha value is -3.74. The van der Waals surface area contributed by atoms with Crippen LogP contribution in [0, 0.1) is 0 Å². The van der Waals surface area contributed by atoms with Gasteiger partial charge in [-0.2, -0.15) is 0 Å². The van der Waals surface area contributed by atoms with Gasteiger partial charge in [0.15, 0.2) is 0 Å². The molecule has 11 heteroatoms. The zero-order valence-electron chi connectivity index (χ0n) is 25.5. The lowest BCUT2D eigenvalue weighted by Gasteiger charge is -2.35. The van der Waals surface area contributed by atoms with Gasteiger partial charge in [0.25, 0.3) is 0 Å². The van der Waals surface area contributed by atoms with E-state index < -0.39 is 20.0 Å². The molecule has 0 aromatic heterocycles. The van der Waals surface area contributed by atoms with E-state index in [2.05, 4.69) is 31.8 Å². The SMILES string of the molecule is CN1CCN(c2cc(NCCCc3ccccc3)c(S(=O)(=O)NCc3ccccc3)cc2S(=O)(=O)NCc2ccccc2)CC1. The summed E-state index contributed by atoms with van der Waals surface area (Å²) in [4.78, 5) is 4.06. The Morgan fingerprint density at radius 3 is 1.64 bits per heavy atom. The van der Waals surface area contributed by atoms with Crippen molar-refractivity contribution in [1.29, 1.82) is 0 Å². The van der Waals surface area contributed by atoms with Crippen molar-refractivity contribution in [3.05, 3.63) is 120 Å². The molecular weight excluding hydrogens is 607 g/mol. The fourth-order valence-corrected chi connectivity index (χ4v) is 7.81. The van der Waals surface area contributed by atoms with E-state index >= 15 is 0 Å². The molecule has 0 saturated carbocycles. The van der Waals surface area contributed by atoms with E-state index in [-0.39, 0.29) is 22.9 Å². The second-order valence-electron chi connectivity index (χ2n) is 11.2. The zero-order valence-corrected chi connectivity index (χ0v) is 27.2. The van der Waals surface area contributed by atoms with Crippen LogP contribution >= 0.6 is 0 Å². The maximum Gasteiger partial charge on any atom is 0.242 e. The van der Waals surface area contributed by atoms with Gasteiger partial charge in [0.05, 0.1) is 11.4 Å². The van der Waals surface area contributed by atoms with Gasteiger partial charge in [0, 0.05) is 45.8 Å². The van der Waals surface area contributed by atoms with Gasteiger partial charge in [0.1, 0.15) is 9.79 Å². The molecular formula is C34H41N5O4S2. The molecule has 1 aliphatic rings. The van der Waals surface area contributed by atoms with Crippen molar-refractivity contribution in [3.63, 3.8) is 0 Å². The number of nitrogens with one attached hydrogen (secondary N) is 3. The smallest absolute Gasteiger partial charge is 0.242 e. The van der Waals surface area contributed by atoms with Crippen LogP contribution < -0.4 is 19.7 Å². The highest BCUT2D eigenvalue weighted by atomic mass is 32.2. The Morgan fingerprint density at radius 2 is 1.11 bits per heavy atom. The van der Waals surface area contributed by atoms with Crippen molar-refractivity contribution in [3.8, 4) is 0 Å². The molecule has 4 aromatic carbocycles. The maximum atomic E-state index is 13.9. The molecule has 0 bridgehead atoms. The van der Waals surface area contributed by atoms with Crippen molar-refractivity contribution in [1.82, 2.24) is 14.3 Å². The van der Waals surface area contributed by atoms with Gasteiger partial charge in [-0.25, -0.2) is 26.3 Å². The summed E-state index contributed by atoms with van der Waals surface area (Å²) in [5.41, 5.74) is 3.65. The summed E-state index contributed by atoms with van der Waals surface area (Å²) in [6.45, 7) is 3.42. The van der Waals surface area contributed by atoms with E-state index in [1.165, 1.54) is 11.6 Å². The minimum absolute atomic E-state index is 0.0575. The molecule has 9 nitrogen and oxygen atoms in total. The zero-order chi connectivity index (χ0) is 31.7. The summed E-state index contributed by atoms with van der Waals surface area (Å²) >= 11 is 0. The summed E-state index contributed by atoms with van der Waals surface area (Å²) in [5.74, 6) is 0. The molecule has 3 N–H and O–H groups in total. The molecule has 1 saturated heterocycles. The molecule has 0 spiro atoms. The third-order valence-corrected chi connectivity index (χ3v) is 10.8. The summed E-state index contributed by atoms with van der Waals surface area (Å²) in [6.07, 6.45) is 1.59. The molecule has 0 radical (unpaired) electrons. The van der Waals surface area contributed by atoms with Crippen LogP contribution in [-0.4, -0.2) is 61.5 Å². The number of piperazine rings is 1. The number of aryl methyl sites for hydroxylation is 1. The van der Waals surface area contributed by atoms with Gasteiger partial charge in [0.2, 0.25) is 20.0 Å². The van der Waals surface area contributed by atoms with E-state index in [0.717, 1.165) is 37.1 Å². The summed E-state index contributed by atoms with van der Waals surface area (Å²) < 4.78 is 61.0. The van der Waals surface area contributed by atoms with Gasteiger partial charge in [-0.3, -0.25) is 0 Å². The van der Waals surface area contributed by atoms with Crippen molar-refractivity contribution >= 4 is 31.4 Å². The first kappa shape index (κ1) is 32.6. The highest BCUT2D eigenvalue weighted by Gasteiger charge is 2.30. The Morgan fingerprint density at radius 1 is 0.622 bits per heavy atom. The van der Waals surface area contributed by atoms with Crippen LogP contribution in [0.2, 0.25) is 0 Å². The number of rotatable bonds is 14. The van der Waals surface area contributed by atoms with Crippen LogP contribution in [0.25, 0.3) is 0 Å². The van der Waals surface area contributed by atoms with Crippen molar-refractivity contribution in [2.75, 3.05) is 50.0 Å².